The van der Waals surface area contributed by atoms with Gasteiger partial charge in [-0.15, -0.1) is 10.2 Å². The number of rotatable bonds is 5. The molecule has 4 rings (SSSR count). The zero-order chi connectivity index (χ0) is 28.0. The van der Waals surface area contributed by atoms with E-state index in [1.54, 1.807) is 36.4 Å². The van der Waals surface area contributed by atoms with Crippen molar-refractivity contribution < 1.29 is 22.8 Å². The van der Waals surface area contributed by atoms with Gasteiger partial charge in [-0.1, -0.05) is 42.3 Å². The van der Waals surface area contributed by atoms with Crippen LogP contribution in [0.3, 0.4) is 0 Å². The Morgan fingerprint density at radius 1 is 1.11 bits per heavy atom. The van der Waals surface area contributed by atoms with Gasteiger partial charge in [0.2, 0.25) is 0 Å². The zero-order valence-electron chi connectivity index (χ0n) is 20.2. The van der Waals surface area contributed by atoms with Gasteiger partial charge in [0.05, 0.1) is 27.7 Å². The lowest BCUT2D eigenvalue weighted by Gasteiger charge is -2.15. The molecule has 2 aromatic carbocycles. The monoisotopic (exact) mass is 568 g/mol. The van der Waals surface area contributed by atoms with Crippen molar-refractivity contribution in [1.29, 1.82) is 0 Å². The van der Waals surface area contributed by atoms with E-state index in [1.165, 1.54) is 17.8 Å². The van der Waals surface area contributed by atoms with E-state index in [9.17, 15) is 22.8 Å². The van der Waals surface area contributed by atoms with E-state index >= 15 is 0 Å². The normalized spacial score (nSPS) is 10.9. The van der Waals surface area contributed by atoms with Crippen molar-refractivity contribution in [3.63, 3.8) is 0 Å². The number of halogens is 5. The third-order valence-corrected chi connectivity index (χ3v) is 5.58. The number of carbonyl (C=O) groups excluding carboxylic acids is 2. The van der Waals surface area contributed by atoms with Gasteiger partial charge < -0.3 is 10.6 Å². The molecule has 0 aliphatic carbocycles. The molecule has 10 nitrogen and oxygen atoms in total. The van der Waals surface area contributed by atoms with Crippen molar-refractivity contribution in [3.05, 3.63) is 80.8 Å². The Bertz CT molecular complexity index is 1440. The van der Waals surface area contributed by atoms with E-state index in [4.69, 9.17) is 23.2 Å². The van der Waals surface area contributed by atoms with Crippen LogP contribution in [0.1, 0.15) is 44.9 Å². The van der Waals surface area contributed by atoms with E-state index in [-0.39, 0.29) is 11.5 Å². The number of aromatic nitrogens is 6. The van der Waals surface area contributed by atoms with Crippen LogP contribution in [0.4, 0.5) is 18.9 Å². The molecule has 38 heavy (non-hydrogen) atoms. The number of alkyl halides is 3. The smallest absolute Gasteiger partial charge is 0.355 e. The van der Waals surface area contributed by atoms with E-state index in [0.29, 0.717) is 39.1 Å². The van der Waals surface area contributed by atoms with Crippen molar-refractivity contribution >= 4 is 40.7 Å². The molecule has 0 fully saturated rings. The second-order valence-corrected chi connectivity index (χ2v) is 8.49. The van der Waals surface area contributed by atoms with Gasteiger partial charge in [0.25, 0.3) is 17.6 Å². The van der Waals surface area contributed by atoms with E-state index in [1.807, 2.05) is 19.1 Å². The highest BCUT2D eigenvalue weighted by Crippen LogP contribution is 2.28. The first-order chi connectivity index (χ1) is 18.0. The summed E-state index contributed by atoms with van der Waals surface area (Å²) in [5.41, 5.74) is 3.00. The minimum Gasteiger partial charge on any atom is -0.355 e. The molecule has 0 radical (unpaired) electrons. The average Bonchev–Trinajstić information content (AvgIpc) is 3.56. The summed E-state index contributed by atoms with van der Waals surface area (Å²) in [5, 5.41) is 20.6. The Labute approximate surface area is 224 Å². The minimum atomic E-state index is -4.49. The first kappa shape index (κ1) is 28.6. The predicted octanol–water partition coefficient (Wildman–Crippen LogP) is 4.88. The molecule has 0 bridgehead atoms. The molecule has 0 atom stereocenters. The molecule has 0 aliphatic heterocycles. The third kappa shape index (κ3) is 6.66. The Balaban J connectivity index is 0.000000375. The van der Waals surface area contributed by atoms with Gasteiger partial charge in [-0.25, -0.2) is 4.68 Å². The van der Waals surface area contributed by atoms with Crippen molar-refractivity contribution in [2.45, 2.75) is 26.4 Å². The molecule has 200 valence electrons. The van der Waals surface area contributed by atoms with Crippen LogP contribution in [-0.2, 0) is 12.6 Å². The maximum Gasteiger partial charge on any atom is 0.455 e. The zero-order valence-corrected chi connectivity index (χ0v) is 21.7. The standard InChI is InChI=1S/C21H20Cl2N4O2.C2HF3N4/c1-4-14-11-18(27(26-14)17-8-6-5-7-16(17)23)21(29)25-19-12(2)9-13(22)10-15(19)20(28)24-3;3-2(4,5)1-6-8-9-7-1/h5-11H,4H2,1-3H3,(H,24,28)(H,25,29);(H,6,7,8,9). The number of nitrogens with zero attached hydrogens (tertiary/aromatic N) is 5. The topological polar surface area (TPSA) is 130 Å². The summed E-state index contributed by atoms with van der Waals surface area (Å²) in [5.74, 6) is -2.00. The van der Waals surface area contributed by atoms with Gasteiger partial charge in [0.1, 0.15) is 5.69 Å². The van der Waals surface area contributed by atoms with Crippen LogP contribution in [0.5, 0.6) is 0 Å². The molecule has 3 N–H and O–H groups in total. The summed E-state index contributed by atoms with van der Waals surface area (Å²) in [6.45, 7) is 3.73. The highest BCUT2D eigenvalue weighted by molar-refractivity contribution is 6.32. The number of tetrazole rings is 1. The number of H-pyrrole nitrogens is 1. The summed E-state index contributed by atoms with van der Waals surface area (Å²) >= 11 is 12.4. The number of carbonyl (C=O) groups is 2. The Hall–Kier alpha value is -3.97. The number of benzene rings is 2. The van der Waals surface area contributed by atoms with Crippen LogP contribution in [0.25, 0.3) is 5.69 Å². The van der Waals surface area contributed by atoms with Crippen LogP contribution >= 0.6 is 23.2 Å². The van der Waals surface area contributed by atoms with E-state index in [0.717, 1.165) is 5.69 Å². The lowest BCUT2D eigenvalue weighted by atomic mass is 10.1. The van der Waals surface area contributed by atoms with E-state index < -0.39 is 17.9 Å². The van der Waals surface area contributed by atoms with Crippen LogP contribution in [0.15, 0.2) is 42.5 Å². The highest BCUT2D eigenvalue weighted by atomic mass is 35.5. The van der Waals surface area contributed by atoms with Gasteiger partial charge in [-0.2, -0.15) is 23.5 Å². The maximum atomic E-state index is 13.2. The molecular formula is C23H21Cl2F3N8O2. The number of hydrogen-bond acceptors (Lipinski definition) is 6. The Morgan fingerprint density at radius 3 is 2.37 bits per heavy atom. The van der Waals surface area contributed by atoms with Gasteiger partial charge >= 0.3 is 6.18 Å². The quantitative estimate of drug-likeness (QED) is 0.314. The van der Waals surface area contributed by atoms with Crippen LogP contribution < -0.4 is 10.6 Å². The van der Waals surface area contributed by atoms with Crippen LogP contribution in [0, 0.1) is 6.92 Å². The molecule has 0 saturated carbocycles. The summed E-state index contributed by atoms with van der Waals surface area (Å²) in [7, 11) is 1.52. The maximum absolute atomic E-state index is 13.2. The van der Waals surface area contributed by atoms with Gasteiger partial charge in [-0.3, -0.25) is 9.59 Å². The molecule has 15 heteroatoms. The lowest BCUT2D eigenvalue weighted by molar-refractivity contribution is -0.144. The Kier molecular flexibility index (Phi) is 9.07. The molecule has 2 amide bonds. The predicted molar refractivity (Wildman–Crippen MR) is 135 cm³/mol. The second kappa shape index (κ2) is 12.0. The lowest BCUT2D eigenvalue weighted by Crippen LogP contribution is -2.23. The van der Waals surface area contributed by atoms with Crippen molar-refractivity contribution in [1.82, 2.24) is 35.7 Å². The fraction of sp³-hybridized carbons (Fsp3) is 0.217. The van der Waals surface area contributed by atoms with Crippen molar-refractivity contribution in [2.24, 2.45) is 0 Å². The number of aryl methyl sites for hydroxylation is 2. The number of aromatic amines is 1. The molecule has 0 unspecified atom stereocenters. The molecule has 0 saturated heterocycles. The number of hydrogen-bond donors (Lipinski definition) is 3. The van der Waals surface area contributed by atoms with Gasteiger partial charge in [-0.05, 0) is 54.5 Å². The molecule has 0 aliphatic rings. The fourth-order valence-corrected chi connectivity index (χ4v) is 3.74. The number of amides is 2. The third-order valence-electron chi connectivity index (χ3n) is 5.04. The first-order valence-electron chi connectivity index (χ1n) is 10.9. The number of nitrogens with one attached hydrogen (secondary N) is 3. The van der Waals surface area contributed by atoms with E-state index in [2.05, 4.69) is 31.1 Å². The van der Waals surface area contributed by atoms with Crippen LogP contribution in [0.2, 0.25) is 10.0 Å². The summed E-state index contributed by atoms with van der Waals surface area (Å²) in [4.78, 5) is 25.5. The van der Waals surface area contributed by atoms with Crippen LogP contribution in [-0.4, -0.2) is 49.3 Å². The fourth-order valence-electron chi connectivity index (χ4n) is 3.25. The SMILES string of the molecule is CCc1cc(C(=O)Nc2c(C)cc(Cl)cc2C(=O)NC)n(-c2ccccc2Cl)n1.FC(F)(F)c1nn[nH]n1. The largest absolute Gasteiger partial charge is 0.455 e. The Morgan fingerprint density at radius 2 is 1.82 bits per heavy atom. The molecule has 0 spiro atoms. The summed E-state index contributed by atoms with van der Waals surface area (Å²) in [6.07, 6.45) is -3.84. The number of anilines is 1. The molecule has 2 aromatic heterocycles. The average molecular weight is 569 g/mol. The van der Waals surface area contributed by atoms with Crippen molar-refractivity contribution in [3.8, 4) is 5.69 Å². The molecule has 2 heterocycles. The van der Waals surface area contributed by atoms with Gasteiger partial charge in [0.15, 0.2) is 0 Å². The highest BCUT2D eigenvalue weighted by Gasteiger charge is 2.35. The summed E-state index contributed by atoms with van der Waals surface area (Å²) < 4.78 is 35.8. The van der Waals surface area contributed by atoms with Gasteiger partial charge in [0, 0.05) is 12.1 Å². The van der Waals surface area contributed by atoms with Crippen molar-refractivity contribution in [2.75, 3.05) is 12.4 Å². The first-order valence-corrected chi connectivity index (χ1v) is 11.7. The number of para-hydroxylation sites is 1. The minimum absolute atomic E-state index is 0.283. The summed E-state index contributed by atoms with van der Waals surface area (Å²) in [6, 6.07) is 12.1. The molecule has 4 aromatic rings. The second-order valence-electron chi connectivity index (χ2n) is 7.65. The molecular weight excluding hydrogens is 548 g/mol.